The van der Waals surface area contributed by atoms with Gasteiger partial charge in [-0.05, 0) is 98.2 Å². The summed E-state index contributed by atoms with van der Waals surface area (Å²) in [6, 6.07) is 21.9. The van der Waals surface area contributed by atoms with Crippen LogP contribution in [0.5, 0.6) is 5.75 Å². The van der Waals surface area contributed by atoms with Crippen molar-refractivity contribution in [3.63, 3.8) is 0 Å². The van der Waals surface area contributed by atoms with Crippen molar-refractivity contribution in [3.8, 4) is 11.4 Å². The molecule has 58 heavy (non-hydrogen) atoms. The Morgan fingerprint density at radius 2 is 1.62 bits per heavy atom. The molecule has 310 valence electrons. The average molecular weight is 805 g/mol. The first-order valence-electron chi connectivity index (χ1n) is 21.2. The molecule has 12 heteroatoms. The summed E-state index contributed by atoms with van der Waals surface area (Å²) in [5.41, 5.74) is 6.76. The Hall–Kier alpha value is -4.52. The van der Waals surface area contributed by atoms with Gasteiger partial charge in [-0.15, -0.1) is 10.2 Å². The lowest BCUT2D eigenvalue weighted by atomic mass is 9.85. The van der Waals surface area contributed by atoms with Crippen molar-refractivity contribution >= 4 is 25.8 Å². The second kappa shape index (κ2) is 16.3. The second-order valence-electron chi connectivity index (χ2n) is 18.7. The lowest BCUT2D eigenvalue weighted by Gasteiger charge is -2.45. The molecule has 1 aliphatic heterocycles. The van der Waals surface area contributed by atoms with Crippen molar-refractivity contribution in [3.05, 3.63) is 101 Å². The highest BCUT2D eigenvalue weighted by Gasteiger charge is 2.50. The Morgan fingerprint density at radius 1 is 0.931 bits per heavy atom. The molecule has 1 saturated heterocycles. The van der Waals surface area contributed by atoms with Crippen LogP contribution < -0.4 is 15.4 Å². The van der Waals surface area contributed by atoms with Crippen LogP contribution in [0.2, 0.25) is 16.6 Å². The largest absolute Gasteiger partial charge is 0.484 e. The van der Waals surface area contributed by atoms with E-state index in [1.165, 1.54) is 0 Å². The van der Waals surface area contributed by atoms with E-state index in [9.17, 15) is 4.79 Å². The van der Waals surface area contributed by atoms with Crippen LogP contribution in [-0.4, -0.2) is 63.8 Å². The molecular weight excluding hydrogens is 741 g/mol. The fourth-order valence-corrected chi connectivity index (χ4v) is 15.3. The molecule has 0 bridgehead atoms. The predicted molar refractivity (Wildman–Crippen MR) is 234 cm³/mol. The van der Waals surface area contributed by atoms with Gasteiger partial charge in [0.05, 0.1) is 30.2 Å². The first-order valence-corrected chi connectivity index (χ1v) is 23.4. The zero-order valence-corrected chi connectivity index (χ0v) is 37.5. The number of aryl methyl sites for hydroxylation is 1. The molecule has 5 aromatic rings. The molecule has 0 saturated carbocycles. The molecule has 7 rings (SSSR count). The molecule has 2 amide bonds. The van der Waals surface area contributed by atoms with E-state index in [2.05, 4.69) is 132 Å². The Balaban J connectivity index is 1.11. The number of nitrogens with zero attached hydrogens (tertiary/aromatic N) is 6. The van der Waals surface area contributed by atoms with Crippen LogP contribution in [-0.2, 0) is 15.4 Å². The highest BCUT2D eigenvalue weighted by atomic mass is 28.4. The number of amides is 2. The van der Waals surface area contributed by atoms with Gasteiger partial charge in [-0.1, -0.05) is 104 Å². The Morgan fingerprint density at radius 3 is 2.26 bits per heavy atom. The monoisotopic (exact) mass is 804 g/mol. The Labute approximate surface area is 346 Å². The molecular formula is C46H64N8O3Si. The fraction of sp³-hybridized carbons (Fsp3) is 0.522. The van der Waals surface area contributed by atoms with Gasteiger partial charge < -0.3 is 14.5 Å². The Kier molecular flexibility index (Phi) is 11.7. The number of hydrogen-bond donors (Lipinski definition) is 2. The maximum absolute atomic E-state index is 13.7. The number of anilines is 1. The average Bonchev–Trinajstić information content (AvgIpc) is 3.90. The standard InChI is InChI=1S/C46H64N8O3Si/c1-30(2)58(31(3)4,32(5)6)56-29-46(25-14-26-52(46)11)43-50-49-41-24-21-35(28-53(41)43)57-39-23-22-38(36-15-12-13-16-37(36)39)47-44(55)48-42-27-40(45(8,9)10)51-54(42)34-19-17-33(7)18-20-34/h12-13,15-21,24,27-28,30-32,38-39H,14,22-23,25-26,29H2,1-11H3,(H2,47,48,55)/t38-,39+,46+/m0/s1. The Bertz CT molecular complexity index is 2200. The molecule has 0 radical (unpaired) electrons. The molecule has 0 spiro atoms. The number of carbonyl (C=O) groups is 1. The number of fused-ring (bicyclic) bond motifs is 2. The molecule has 3 aromatic heterocycles. The number of hydrogen-bond acceptors (Lipinski definition) is 7. The van der Waals surface area contributed by atoms with Crippen LogP contribution >= 0.6 is 0 Å². The third kappa shape index (κ3) is 7.82. The number of likely N-dealkylation sites (tertiary alicyclic amines) is 1. The van der Waals surface area contributed by atoms with Gasteiger partial charge in [0.15, 0.2) is 19.8 Å². The van der Waals surface area contributed by atoms with Crippen molar-refractivity contribution in [2.45, 2.75) is 135 Å². The minimum Gasteiger partial charge on any atom is -0.484 e. The number of rotatable bonds is 12. The quantitative estimate of drug-likeness (QED) is 0.121. The van der Waals surface area contributed by atoms with E-state index < -0.39 is 13.9 Å². The summed E-state index contributed by atoms with van der Waals surface area (Å²) in [6.07, 6.45) is 5.35. The summed E-state index contributed by atoms with van der Waals surface area (Å²) in [5, 5.41) is 20.8. The molecule has 2 N–H and O–H groups in total. The SMILES string of the molecule is Cc1ccc(-n2nc(C(C)(C)C)cc2NC(=O)N[C@H]2CC[C@@H](Oc3ccc4nnc([C@]5(CO[Si](C(C)C)(C(C)C)C(C)C)CCCN5C)n4c3)c3ccccc32)cc1. The second-order valence-corrected chi connectivity index (χ2v) is 24.1. The van der Waals surface area contributed by atoms with Crippen LogP contribution in [0.4, 0.5) is 10.6 Å². The normalized spacial score (nSPS) is 20.3. The third-order valence-corrected chi connectivity index (χ3v) is 19.0. The summed E-state index contributed by atoms with van der Waals surface area (Å²) in [7, 11) is 0.0716. The van der Waals surface area contributed by atoms with Crippen molar-refractivity contribution in [2.24, 2.45) is 0 Å². The number of pyridine rings is 1. The van der Waals surface area contributed by atoms with E-state index in [0.717, 1.165) is 77.5 Å². The number of benzene rings is 2. The number of urea groups is 1. The van der Waals surface area contributed by atoms with Gasteiger partial charge in [0.1, 0.15) is 23.2 Å². The van der Waals surface area contributed by atoms with E-state index in [4.69, 9.17) is 19.4 Å². The predicted octanol–water partition coefficient (Wildman–Crippen LogP) is 10.4. The minimum atomic E-state index is -2.13. The highest BCUT2D eigenvalue weighted by molar-refractivity contribution is 6.77. The minimum absolute atomic E-state index is 0.184. The summed E-state index contributed by atoms with van der Waals surface area (Å²) in [4.78, 5) is 16.2. The first kappa shape index (κ1) is 41.6. The van der Waals surface area contributed by atoms with Gasteiger partial charge >= 0.3 is 6.03 Å². The van der Waals surface area contributed by atoms with E-state index in [1.807, 2.05) is 47.1 Å². The molecule has 3 atom stereocenters. The van der Waals surface area contributed by atoms with Crippen LogP contribution in [0.25, 0.3) is 11.3 Å². The number of carbonyl (C=O) groups excluding carboxylic acids is 1. The molecule has 4 heterocycles. The third-order valence-electron chi connectivity index (χ3n) is 12.9. The lowest BCUT2D eigenvalue weighted by molar-refractivity contribution is 0.0763. The van der Waals surface area contributed by atoms with Gasteiger partial charge in [0.2, 0.25) is 0 Å². The summed E-state index contributed by atoms with van der Waals surface area (Å²) in [6.45, 7) is 24.1. The molecule has 2 aliphatic rings. The van der Waals surface area contributed by atoms with Gasteiger partial charge in [-0.2, -0.15) is 5.10 Å². The van der Waals surface area contributed by atoms with Crippen LogP contribution in [0.1, 0.15) is 128 Å². The topological polar surface area (TPSA) is 111 Å². The smallest absolute Gasteiger partial charge is 0.320 e. The van der Waals surface area contributed by atoms with Gasteiger partial charge in [0.25, 0.3) is 0 Å². The molecule has 1 aliphatic carbocycles. The maximum Gasteiger partial charge on any atom is 0.320 e. The summed E-state index contributed by atoms with van der Waals surface area (Å²) < 4.78 is 18.1. The van der Waals surface area contributed by atoms with Gasteiger partial charge in [-0.25, -0.2) is 9.48 Å². The highest BCUT2D eigenvalue weighted by Crippen LogP contribution is 2.46. The van der Waals surface area contributed by atoms with E-state index >= 15 is 0 Å². The zero-order chi connectivity index (χ0) is 41.6. The maximum atomic E-state index is 13.7. The van der Waals surface area contributed by atoms with E-state index in [1.54, 1.807) is 0 Å². The van der Waals surface area contributed by atoms with E-state index in [0.29, 0.717) is 29.0 Å². The van der Waals surface area contributed by atoms with Crippen molar-refractivity contribution in [1.82, 2.24) is 34.6 Å². The molecule has 2 aromatic carbocycles. The number of aromatic nitrogens is 5. The van der Waals surface area contributed by atoms with E-state index in [-0.39, 0.29) is 23.6 Å². The van der Waals surface area contributed by atoms with Crippen LogP contribution in [0, 0.1) is 6.92 Å². The summed E-state index contributed by atoms with van der Waals surface area (Å²) >= 11 is 0. The van der Waals surface area contributed by atoms with Crippen LogP contribution in [0.3, 0.4) is 0 Å². The number of likely N-dealkylation sites (N-methyl/N-ethyl adjacent to an activating group) is 1. The van der Waals surface area contributed by atoms with Crippen molar-refractivity contribution in [2.75, 3.05) is 25.5 Å². The molecule has 11 nitrogen and oxygen atoms in total. The molecule has 0 unspecified atom stereocenters. The van der Waals surface area contributed by atoms with Crippen molar-refractivity contribution < 1.29 is 14.0 Å². The zero-order valence-electron chi connectivity index (χ0n) is 36.5. The fourth-order valence-electron chi connectivity index (χ4n) is 9.76. The number of ether oxygens (including phenoxy) is 1. The molecule has 1 fully saturated rings. The van der Waals surface area contributed by atoms with Crippen LogP contribution in [0.15, 0.2) is 72.9 Å². The first-order chi connectivity index (χ1) is 27.5. The van der Waals surface area contributed by atoms with Gasteiger partial charge in [-0.3, -0.25) is 14.6 Å². The van der Waals surface area contributed by atoms with Gasteiger partial charge in [0, 0.05) is 11.5 Å². The number of nitrogens with one attached hydrogen (secondary N) is 2. The summed E-state index contributed by atoms with van der Waals surface area (Å²) in [5.74, 6) is 2.28. The van der Waals surface area contributed by atoms with Crippen molar-refractivity contribution in [1.29, 1.82) is 0 Å². The lowest BCUT2D eigenvalue weighted by Crippen LogP contribution is -2.53.